The third-order valence-electron chi connectivity index (χ3n) is 0. The van der Waals surface area contributed by atoms with Crippen LogP contribution in [0.3, 0.4) is 0 Å². The Morgan fingerprint density at radius 1 is 1.00 bits per heavy atom. The monoisotopic (exact) mass is 177 g/mol. The van der Waals surface area contributed by atoms with Crippen LogP contribution < -0.4 is 0 Å². The van der Waals surface area contributed by atoms with Gasteiger partial charge in [0.15, 0.2) is 0 Å². The van der Waals surface area contributed by atoms with Crippen molar-refractivity contribution in [2.75, 3.05) is 0 Å². The van der Waals surface area contributed by atoms with Crippen LogP contribution >= 0.6 is 0 Å². The molecule has 0 unspecified atom stereocenters. The van der Waals surface area contributed by atoms with Crippen molar-refractivity contribution < 1.29 is 20.1 Å². The predicted molar refractivity (Wildman–Crippen MR) is 18.2 cm³/mol. The molecule has 0 saturated carbocycles. The molecule has 0 aliphatic rings. The molecule has 0 amide bonds. The third kappa shape index (κ3) is 59.8. The Bertz CT molecular complexity index is 29.5. The summed E-state index contributed by atoms with van der Waals surface area (Å²) in [5.41, 5.74) is 0. The Balaban J connectivity index is -0.0000000267. The standard InChI is InChI=1S/BF4.Sr.2H/c2-1(3,4)5;;;/q-1;+2;2*-1. The summed E-state index contributed by atoms with van der Waals surface area (Å²) in [6, 6.07) is 0. The summed E-state index contributed by atoms with van der Waals surface area (Å²) in [7, 11) is -6.00. The van der Waals surface area contributed by atoms with Gasteiger partial charge in [-0.05, 0) is 0 Å². The second-order valence-corrected chi connectivity index (χ2v) is 0.495. The minimum atomic E-state index is -6.00. The van der Waals surface area contributed by atoms with Crippen LogP contribution in [0, 0.1) is 0 Å². The summed E-state index contributed by atoms with van der Waals surface area (Å²) < 4.78 is 39.0. The van der Waals surface area contributed by atoms with Gasteiger partial charge in [0.25, 0.3) is 0 Å². The minimum Gasteiger partial charge on any atom is -1.00 e. The quantitative estimate of drug-likeness (QED) is 0.384. The second kappa shape index (κ2) is 3.29. The average molecular weight is 176 g/mol. The van der Waals surface area contributed by atoms with Crippen molar-refractivity contribution in [3.8, 4) is 0 Å². The molecule has 0 heterocycles. The molecule has 0 spiro atoms. The van der Waals surface area contributed by atoms with Crippen LogP contribution in [-0.4, -0.2) is 52.7 Å². The summed E-state index contributed by atoms with van der Waals surface area (Å²) in [4.78, 5) is 0. The van der Waals surface area contributed by atoms with E-state index in [1.54, 1.807) is 0 Å². The molecule has 0 aromatic heterocycles. The Labute approximate surface area is 72.2 Å². The van der Waals surface area contributed by atoms with E-state index in [4.69, 9.17) is 0 Å². The first-order valence-electron chi connectivity index (χ1n) is 0.873. The molecule has 0 aromatic rings. The summed E-state index contributed by atoms with van der Waals surface area (Å²) >= 11 is 0. The van der Waals surface area contributed by atoms with Gasteiger partial charge < -0.3 is 20.1 Å². The number of hydrogen-bond acceptors (Lipinski definition) is 0. The number of hydrogen-bond donors (Lipinski definition) is 0. The van der Waals surface area contributed by atoms with Crippen LogP contribution in [0.15, 0.2) is 0 Å². The number of halogens is 4. The van der Waals surface area contributed by atoms with Crippen molar-refractivity contribution in [2.45, 2.75) is 0 Å². The van der Waals surface area contributed by atoms with E-state index in [1.807, 2.05) is 0 Å². The van der Waals surface area contributed by atoms with Crippen LogP contribution in [0.5, 0.6) is 0 Å². The van der Waals surface area contributed by atoms with Crippen molar-refractivity contribution in [3.05, 3.63) is 0 Å². The first kappa shape index (κ1) is 10.3. The van der Waals surface area contributed by atoms with E-state index >= 15 is 0 Å². The maximum absolute atomic E-state index is 9.75. The van der Waals surface area contributed by atoms with E-state index < -0.39 is 7.25 Å². The smallest absolute Gasteiger partial charge is 1.00 e. The molecular weight excluding hydrogens is 174 g/mol. The Kier molecular flexibility index (Phi) is 5.64. The topological polar surface area (TPSA) is 0 Å². The molecule has 0 fully saturated rings. The molecule has 0 aromatic carbocycles. The van der Waals surface area contributed by atoms with Crippen LogP contribution in [0.4, 0.5) is 17.3 Å². The molecule has 0 nitrogen and oxygen atoms in total. The van der Waals surface area contributed by atoms with Crippen LogP contribution in [0.1, 0.15) is 2.85 Å². The van der Waals surface area contributed by atoms with Gasteiger partial charge in [-0.1, -0.05) is 0 Å². The molecule has 0 aliphatic carbocycles. The van der Waals surface area contributed by atoms with Gasteiger partial charge in [0.2, 0.25) is 0 Å². The fourth-order valence-corrected chi connectivity index (χ4v) is 0. The van der Waals surface area contributed by atoms with Gasteiger partial charge in [0, 0.05) is 0 Å². The molecule has 0 N–H and O–H groups in total. The van der Waals surface area contributed by atoms with Gasteiger partial charge in [-0.25, -0.2) is 0 Å². The van der Waals surface area contributed by atoms with E-state index in [2.05, 4.69) is 0 Å². The molecule has 0 saturated heterocycles. The molecule has 0 aliphatic heterocycles. The maximum Gasteiger partial charge on any atom is 2.00 e. The SMILES string of the molecule is F[B-](F)(F)F.[H-].[H-].[Sr+2]. The van der Waals surface area contributed by atoms with E-state index in [0.717, 1.165) is 0 Å². The van der Waals surface area contributed by atoms with Gasteiger partial charge >= 0.3 is 52.7 Å². The second-order valence-electron chi connectivity index (χ2n) is 0.495. The zero-order valence-electron chi connectivity index (χ0n) is 4.80. The summed E-state index contributed by atoms with van der Waals surface area (Å²) in [6.45, 7) is 0. The Hall–Kier alpha value is 1.27. The van der Waals surface area contributed by atoms with Crippen molar-refractivity contribution in [1.82, 2.24) is 0 Å². The molecule has 0 radical (unpaired) electrons. The predicted octanol–water partition coefficient (Wildman–Crippen LogP) is 1.14. The maximum atomic E-state index is 9.75. The van der Waals surface area contributed by atoms with Gasteiger partial charge in [0.05, 0.1) is 0 Å². The zero-order chi connectivity index (χ0) is 4.50. The molecule has 6 heavy (non-hydrogen) atoms. The van der Waals surface area contributed by atoms with Crippen molar-refractivity contribution in [1.29, 1.82) is 0 Å². The third-order valence-corrected chi connectivity index (χ3v) is 0. The summed E-state index contributed by atoms with van der Waals surface area (Å²) in [5, 5.41) is 0. The van der Waals surface area contributed by atoms with E-state index in [1.165, 1.54) is 0 Å². The van der Waals surface area contributed by atoms with Gasteiger partial charge in [-0.2, -0.15) is 0 Å². The van der Waals surface area contributed by atoms with E-state index in [9.17, 15) is 17.3 Å². The first-order chi connectivity index (χ1) is 2.00. The number of rotatable bonds is 0. The van der Waals surface area contributed by atoms with Crippen LogP contribution in [0.2, 0.25) is 0 Å². The van der Waals surface area contributed by atoms with Crippen molar-refractivity contribution in [2.24, 2.45) is 0 Å². The van der Waals surface area contributed by atoms with Gasteiger partial charge in [-0.3, -0.25) is 0 Å². The van der Waals surface area contributed by atoms with Crippen molar-refractivity contribution >= 4 is 52.7 Å². The van der Waals surface area contributed by atoms with Gasteiger partial charge in [-0.15, -0.1) is 0 Å². The van der Waals surface area contributed by atoms with Crippen LogP contribution in [0.25, 0.3) is 0 Å². The molecule has 0 rings (SSSR count). The molecule has 36 valence electrons. The van der Waals surface area contributed by atoms with Crippen LogP contribution in [-0.2, 0) is 0 Å². The Morgan fingerprint density at radius 2 is 1.00 bits per heavy atom. The van der Waals surface area contributed by atoms with E-state index in [0.29, 0.717) is 0 Å². The average Bonchev–Trinajstić information content (AvgIpc) is 0.722. The summed E-state index contributed by atoms with van der Waals surface area (Å²) in [6.07, 6.45) is 0. The molecule has 0 atom stereocenters. The molecule has 6 heteroatoms. The fraction of sp³-hybridized carbons (Fsp3) is 0. The normalized spacial score (nSPS) is 10.0. The summed E-state index contributed by atoms with van der Waals surface area (Å²) in [5.74, 6) is 0. The largest absolute Gasteiger partial charge is 2.00 e. The first-order valence-corrected chi connectivity index (χ1v) is 0.873. The van der Waals surface area contributed by atoms with Gasteiger partial charge in [0.1, 0.15) is 0 Å². The Morgan fingerprint density at radius 3 is 1.00 bits per heavy atom. The molecular formula is H2BF4Sr-. The van der Waals surface area contributed by atoms with E-state index in [-0.39, 0.29) is 48.3 Å². The minimum absolute atomic E-state index is 0. The van der Waals surface area contributed by atoms with Crippen molar-refractivity contribution in [3.63, 3.8) is 0 Å². The fourth-order valence-electron chi connectivity index (χ4n) is 0. The zero-order valence-corrected chi connectivity index (χ0v) is 6.27. The molecule has 0 bridgehead atoms.